The Kier molecular flexibility index (Phi) is 4.38. The summed E-state index contributed by atoms with van der Waals surface area (Å²) in [7, 11) is 0. The Bertz CT molecular complexity index is 660. The van der Waals surface area contributed by atoms with Gasteiger partial charge >= 0.3 is 0 Å². The number of nitrogens with zero attached hydrogens (tertiary/aromatic N) is 1. The maximum Gasteiger partial charge on any atom is 0.134 e. The Balaban J connectivity index is 2.43. The van der Waals surface area contributed by atoms with Gasteiger partial charge in [-0.25, -0.2) is 4.39 Å². The highest BCUT2D eigenvalue weighted by Gasteiger charge is 2.12. The van der Waals surface area contributed by atoms with E-state index in [9.17, 15) is 9.50 Å². The van der Waals surface area contributed by atoms with Crippen molar-refractivity contribution >= 4 is 15.9 Å². The zero-order valence-corrected chi connectivity index (χ0v) is 12.2. The number of benzene rings is 2. The van der Waals surface area contributed by atoms with Gasteiger partial charge in [0.25, 0.3) is 0 Å². The number of halogens is 2. The molecule has 0 spiro atoms. The third kappa shape index (κ3) is 3.35. The quantitative estimate of drug-likeness (QED) is 0.909. The lowest BCUT2D eigenvalue weighted by atomic mass is 10.1. The van der Waals surface area contributed by atoms with Crippen molar-refractivity contribution < 1.29 is 14.2 Å². The van der Waals surface area contributed by atoms with Gasteiger partial charge in [-0.1, -0.05) is 22.0 Å². The van der Waals surface area contributed by atoms with Gasteiger partial charge in [-0.15, -0.1) is 0 Å². The standard InChI is InChI=1S/C15H11BrFNO2/c1-9(19)14-3-2-10(8-18)4-15(14)20-13-6-11(16)5-12(17)7-13/h2-7,9,19H,1H3. The van der Waals surface area contributed by atoms with Crippen molar-refractivity contribution in [3.05, 3.63) is 57.8 Å². The fraction of sp³-hybridized carbons (Fsp3) is 0.133. The molecule has 20 heavy (non-hydrogen) atoms. The monoisotopic (exact) mass is 335 g/mol. The van der Waals surface area contributed by atoms with Crippen LogP contribution in [0.15, 0.2) is 40.9 Å². The maximum absolute atomic E-state index is 13.3. The first-order valence-corrected chi connectivity index (χ1v) is 6.65. The summed E-state index contributed by atoms with van der Waals surface area (Å²) in [6, 6.07) is 10.9. The van der Waals surface area contributed by atoms with Gasteiger partial charge in [0.1, 0.15) is 17.3 Å². The molecule has 0 aliphatic rings. The average Bonchev–Trinajstić information content (AvgIpc) is 2.37. The van der Waals surface area contributed by atoms with E-state index in [0.717, 1.165) is 0 Å². The van der Waals surface area contributed by atoms with Gasteiger partial charge < -0.3 is 9.84 Å². The van der Waals surface area contributed by atoms with Crippen LogP contribution in [-0.2, 0) is 0 Å². The molecule has 2 aromatic carbocycles. The highest BCUT2D eigenvalue weighted by Crippen LogP contribution is 2.32. The summed E-state index contributed by atoms with van der Waals surface area (Å²) >= 11 is 3.18. The van der Waals surface area contributed by atoms with Crippen LogP contribution in [0.4, 0.5) is 4.39 Å². The molecular weight excluding hydrogens is 325 g/mol. The molecule has 102 valence electrons. The molecule has 1 N–H and O–H groups in total. The molecule has 1 unspecified atom stereocenters. The van der Waals surface area contributed by atoms with E-state index in [2.05, 4.69) is 15.9 Å². The van der Waals surface area contributed by atoms with Crippen LogP contribution in [0.1, 0.15) is 24.2 Å². The van der Waals surface area contributed by atoms with E-state index in [1.165, 1.54) is 18.2 Å². The van der Waals surface area contributed by atoms with Crippen molar-refractivity contribution in [2.75, 3.05) is 0 Å². The van der Waals surface area contributed by atoms with Gasteiger partial charge in [0, 0.05) is 16.1 Å². The number of aliphatic hydroxyl groups is 1. The molecule has 0 saturated heterocycles. The molecule has 0 heterocycles. The summed E-state index contributed by atoms with van der Waals surface area (Å²) in [6.45, 7) is 1.59. The summed E-state index contributed by atoms with van der Waals surface area (Å²) in [5, 5.41) is 18.6. The van der Waals surface area contributed by atoms with Crippen LogP contribution in [0.2, 0.25) is 0 Å². The molecule has 0 amide bonds. The molecule has 0 aromatic heterocycles. The van der Waals surface area contributed by atoms with Crippen LogP contribution in [0.5, 0.6) is 11.5 Å². The first-order chi connectivity index (χ1) is 9.49. The molecule has 2 aromatic rings. The Morgan fingerprint density at radius 3 is 2.65 bits per heavy atom. The van der Waals surface area contributed by atoms with E-state index in [1.54, 1.807) is 25.1 Å². The lowest BCUT2D eigenvalue weighted by molar-refractivity contribution is 0.195. The molecule has 0 radical (unpaired) electrons. The highest BCUT2D eigenvalue weighted by molar-refractivity contribution is 9.10. The lowest BCUT2D eigenvalue weighted by Gasteiger charge is -2.13. The molecule has 1 atom stereocenters. The molecule has 0 aliphatic carbocycles. The SMILES string of the molecule is CC(O)c1ccc(C#N)cc1Oc1cc(F)cc(Br)c1. The van der Waals surface area contributed by atoms with E-state index >= 15 is 0 Å². The number of hydrogen-bond donors (Lipinski definition) is 1. The van der Waals surface area contributed by atoms with Crippen molar-refractivity contribution in [3.8, 4) is 17.6 Å². The Labute approximate surface area is 124 Å². The van der Waals surface area contributed by atoms with Crippen molar-refractivity contribution in [2.24, 2.45) is 0 Å². The van der Waals surface area contributed by atoms with Crippen molar-refractivity contribution in [2.45, 2.75) is 13.0 Å². The van der Waals surface area contributed by atoms with Gasteiger partial charge in [0.2, 0.25) is 0 Å². The van der Waals surface area contributed by atoms with E-state index in [1.807, 2.05) is 6.07 Å². The number of rotatable bonds is 3. The Morgan fingerprint density at radius 1 is 1.30 bits per heavy atom. The zero-order valence-electron chi connectivity index (χ0n) is 10.6. The molecule has 0 aliphatic heterocycles. The van der Waals surface area contributed by atoms with E-state index < -0.39 is 11.9 Å². The second kappa shape index (κ2) is 6.04. The summed E-state index contributed by atoms with van der Waals surface area (Å²) in [6.07, 6.45) is -0.755. The molecule has 0 saturated carbocycles. The van der Waals surface area contributed by atoms with Crippen molar-refractivity contribution in [1.29, 1.82) is 5.26 Å². The first kappa shape index (κ1) is 14.5. The highest BCUT2D eigenvalue weighted by atomic mass is 79.9. The van der Waals surface area contributed by atoms with Crippen molar-refractivity contribution in [3.63, 3.8) is 0 Å². The van der Waals surface area contributed by atoms with Gasteiger partial charge in [-0.2, -0.15) is 5.26 Å². The Hall–Kier alpha value is -1.90. The van der Waals surface area contributed by atoms with Crippen LogP contribution in [0.25, 0.3) is 0 Å². The number of ether oxygens (including phenoxy) is 1. The summed E-state index contributed by atoms with van der Waals surface area (Å²) in [4.78, 5) is 0. The largest absolute Gasteiger partial charge is 0.457 e. The third-order valence-corrected chi connectivity index (χ3v) is 3.11. The van der Waals surface area contributed by atoms with Crippen LogP contribution >= 0.6 is 15.9 Å². The molecule has 5 heteroatoms. The van der Waals surface area contributed by atoms with Gasteiger partial charge in [-0.3, -0.25) is 0 Å². The van der Waals surface area contributed by atoms with Gasteiger partial charge in [0.05, 0.1) is 17.7 Å². The van der Waals surface area contributed by atoms with Crippen LogP contribution in [-0.4, -0.2) is 5.11 Å². The maximum atomic E-state index is 13.3. The van der Waals surface area contributed by atoms with Gasteiger partial charge in [-0.05, 0) is 31.2 Å². The fourth-order valence-electron chi connectivity index (χ4n) is 1.75. The van der Waals surface area contributed by atoms with Crippen LogP contribution in [0, 0.1) is 17.1 Å². The predicted molar refractivity (Wildman–Crippen MR) is 76.0 cm³/mol. The molecule has 0 bridgehead atoms. The minimum absolute atomic E-state index is 0.286. The molecular formula is C15H11BrFNO2. The van der Waals surface area contributed by atoms with Crippen LogP contribution < -0.4 is 4.74 Å². The zero-order chi connectivity index (χ0) is 14.7. The molecule has 3 nitrogen and oxygen atoms in total. The second-order valence-corrected chi connectivity index (χ2v) is 5.16. The number of nitriles is 1. The normalized spacial score (nSPS) is 11.8. The molecule has 2 rings (SSSR count). The van der Waals surface area contributed by atoms with E-state index in [4.69, 9.17) is 10.00 Å². The predicted octanol–water partition coefficient (Wildman–Crippen LogP) is 4.31. The summed E-state index contributed by atoms with van der Waals surface area (Å²) in [5.74, 6) is 0.176. The minimum Gasteiger partial charge on any atom is -0.457 e. The average molecular weight is 336 g/mol. The van der Waals surface area contributed by atoms with Crippen LogP contribution in [0.3, 0.4) is 0 Å². The van der Waals surface area contributed by atoms with E-state index in [0.29, 0.717) is 21.3 Å². The van der Waals surface area contributed by atoms with Gasteiger partial charge in [0.15, 0.2) is 0 Å². The second-order valence-electron chi connectivity index (χ2n) is 4.25. The van der Waals surface area contributed by atoms with E-state index in [-0.39, 0.29) is 5.75 Å². The summed E-state index contributed by atoms with van der Waals surface area (Å²) < 4.78 is 19.5. The van der Waals surface area contributed by atoms with Crippen molar-refractivity contribution in [1.82, 2.24) is 0 Å². The topological polar surface area (TPSA) is 53.2 Å². The smallest absolute Gasteiger partial charge is 0.134 e. The number of aliphatic hydroxyl groups excluding tert-OH is 1. The minimum atomic E-state index is -0.755. The lowest BCUT2D eigenvalue weighted by Crippen LogP contribution is -1.97. The first-order valence-electron chi connectivity index (χ1n) is 5.85. The fourth-order valence-corrected chi connectivity index (χ4v) is 2.20. The number of hydrogen-bond acceptors (Lipinski definition) is 3. The summed E-state index contributed by atoms with van der Waals surface area (Å²) in [5.41, 5.74) is 0.934. The molecule has 0 fully saturated rings. The third-order valence-electron chi connectivity index (χ3n) is 2.66. The Morgan fingerprint density at radius 2 is 2.05 bits per heavy atom.